The van der Waals surface area contributed by atoms with E-state index in [1.807, 2.05) is 29.2 Å². The summed E-state index contributed by atoms with van der Waals surface area (Å²) in [7, 11) is 0. The van der Waals surface area contributed by atoms with Gasteiger partial charge < -0.3 is 9.80 Å². The number of piperazine rings is 1. The van der Waals surface area contributed by atoms with Crippen LogP contribution in [-0.4, -0.2) is 40.9 Å². The van der Waals surface area contributed by atoms with E-state index in [1.54, 1.807) is 34.0 Å². The van der Waals surface area contributed by atoms with E-state index in [4.69, 9.17) is 0 Å². The third kappa shape index (κ3) is 3.23. The SMILES string of the molecule is C[C@H](C(=O)N1CCN(c2ccccc2F)CC1)n1sc2ccccc2c1=O. The summed E-state index contributed by atoms with van der Waals surface area (Å²) in [6, 6.07) is 13.5. The van der Waals surface area contributed by atoms with Gasteiger partial charge in [0.15, 0.2) is 0 Å². The van der Waals surface area contributed by atoms with E-state index < -0.39 is 6.04 Å². The molecule has 140 valence electrons. The lowest BCUT2D eigenvalue weighted by atomic mass is 10.2. The molecule has 2 aromatic carbocycles. The Balaban J connectivity index is 1.48. The lowest BCUT2D eigenvalue weighted by molar-refractivity contribution is -0.134. The minimum atomic E-state index is -0.546. The van der Waals surface area contributed by atoms with E-state index in [0.717, 1.165) is 4.70 Å². The molecule has 0 radical (unpaired) electrons. The first kappa shape index (κ1) is 17.7. The maximum atomic E-state index is 14.0. The maximum absolute atomic E-state index is 14.0. The molecule has 3 aromatic rings. The molecule has 1 aliphatic rings. The summed E-state index contributed by atoms with van der Waals surface area (Å²) < 4.78 is 16.4. The van der Waals surface area contributed by atoms with Crippen molar-refractivity contribution in [3.05, 3.63) is 64.7 Å². The molecule has 1 atom stereocenters. The van der Waals surface area contributed by atoms with Crippen molar-refractivity contribution in [1.82, 2.24) is 8.86 Å². The smallest absolute Gasteiger partial charge is 0.269 e. The van der Waals surface area contributed by atoms with Crippen molar-refractivity contribution in [3.8, 4) is 0 Å². The number of anilines is 1. The van der Waals surface area contributed by atoms with Gasteiger partial charge >= 0.3 is 0 Å². The summed E-state index contributed by atoms with van der Waals surface area (Å²) in [5, 5.41) is 0.645. The zero-order valence-electron chi connectivity index (χ0n) is 15.0. The predicted octanol–water partition coefficient (Wildman–Crippen LogP) is 3.11. The van der Waals surface area contributed by atoms with Gasteiger partial charge in [-0.05, 0) is 31.2 Å². The molecule has 1 aliphatic heterocycles. The van der Waals surface area contributed by atoms with Gasteiger partial charge in [0, 0.05) is 26.2 Å². The first-order valence-electron chi connectivity index (χ1n) is 8.95. The van der Waals surface area contributed by atoms with Crippen molar-refractivity contribution < 1.29 is 9.18 Å². The number of carbonyl (C=O) groups excluding carboxylic acids is 1. The Kier molecular flexibility index (Phi) is 4.70. The van der Waals surface area contributed by atoms with Crippen LogP contribution in [0, 0.1) is 5.82 Å². The van der Waals surface area contributed by atoms with Crippen molar-refractivity contribution >= 4 is 33.2 Å². The molecule has 0 saturated carbocycles. The van der Waals surface area contributed by atoms with Crippen LogP contribution < -0.4 is 10.5 Å². The lowest BCUT2D eigenvalue weighted by Gasteiger charge is -2.37. The van der Waals surface area contributed by atoms with E-state index >= 15 is 0 Å². The second-order valence-electron chi connectivity index (χ2n) is 6.66. The summed E-state index contributed by atoms with van der Waals surface area (Å²) in [5.74, 6) is -0.320. The van der Waals surface area contributed by atoms with Crippen molar-refractivity contribution in [3.63, 3.8) is 0 Å². The molecule has 4 rings (SSSR count). The molecule has 0 N–H and O–H groups in total. The predicted molar refractivity (Wildman–Crippen MR) is 106 cm³/mol. The Hall–Kier alpha value is -2.67. The van der Waals surface area contributed by atoms with Crippen LogP contribution in [0.4, 0.5) is 10.1 Å². The van der Waals surface area contributed by atoms with Crippen LogP contribution in [0.2, 0.25) is 0 Å². The van der Waals surface area contributed by atoms with Crippen LogP contribution in [0.3, 0.4) is 0 Å². The number of amides is 1. The molecule has 1 fully saturated rings. The fraction of sp³-hybridized carbons (Fsp3) is 0.300. The van der Waals surface area contributed by atoms with E-state index in [1.165, 1.54) is 17.6 Å². The Morgan fingerprint density at radius 1 is 1.04 bits per heavy atom. The number of fused-ring (bicyclic) bond motifs is 1. The number of benzene rings is 2. The van der Waals surface area contributed by atoms with E-state index in [2.05, 4.69) is 0 Å². The maximum Gasteiger partial charge on any atom is 0.269 e. The third-order valence-electron chi connectivity index (χ3n) is 5.01. The number of nitrogens with zero attached hydrogens (tertiary/aromatic N) is 3. The third-order valence-corrected chi connectivity index (χ3v) is 6.24. The van der Waals surface area contributed by atoms with Gasteiger partial charge in [-0.15, -0.1) is 0 Å². The highest BCUT2D eigenvalue weighted by Crippen LogP contribution is 2.23. The number of rotatable bonds is 3. The summed E-state index contributed by atoms with van der Waals surface area (Å²) in [6.07, 6.45) is 0. The van der Waals surface area contributed by atoms with Crippen LogP contribution >= 0.6 is 11.5 Å². The quantitative estimate of drug-likeness (QED) is 0.696. The normalized spacial score (nSPS) is 15.9. The highest BCUT2D eigenvalue weighted by molar-refractivity contribution is 7.14. The molecule has 27 heavy (non-hydrogen) atoms. The van der Waals surface area contributed by atoms with Gasteiger partial charge in [0.2, 0.25) is 5.91 Å². The highest BCUT2D eigenvalue weighted by atomic mass is 32.1. The molecule has 1 amide bonds. The molecule has 1 aromatic heterocycles. The molecular weight excluding hydrogens is 365 g/mol. The fourth-order valence-corrected chi connectivity index (χ4v) is 4.52. The van der Waals surface area contributed by atoms with Gasteiger partial charge in [-0.2, -0.15) is 0 Å². The van der Waals surface area contributed by atoms with Crippen molar-refractivity contribution in [1.29, 1.82) is 0 Å². The molecule has 5 nitrogen and oxygen atoms in total. The van der Waals surface area contributed by atoms with Gasteiger partial charge in [0.1, 0.15) is 11.9 Å². The Morgan fingerprint density at radius 2 is 1.70 bits per heavy atom. The van der Waals surface area contributed by atoms with Crippen molar-refractivity contribution in [2.75, 3.05) is 31.1 Å². The van der Waals surface area contributed by atoms with E-state index in [9.17, 15) is 14.0 Å². The number of carbonyl (C=O) groups is 1. The number of halogens is 1. The first-order chi connectivity index (χ1) is 13.1. The van der Waals surface area contributed by atoms with Crippen molar-refractivity contribution in [2.24, 2.45) is 0 Å². The van der Waals surface area contributed by atoms with Crippen LogP contribution in [0.1, 0.15) is 13.0 Å². The highest BCUT2D eigenvalue weighted by Gasteiger charge is 2.28. The average molecular weight is 385 g/mol. The van der Waals surface area contributed by atoms with Gasteiger partial charge in [-0.3, -0.25) is 13.5 Å². The minimum absolute atomic E-state index is 0.0724. The Morgan fingerprint density at radius 3 is 2.41 bits per heavy atom. The number of para-hydroxylation sites is 1. The molecule has 2 heterocycles. The standard InChI is InChI=1S/C20H20FN3O2S/c1-14(24-20(26)15-6-2-5-9-18(15)27-24)19(25)23-12-10-22(11-13-23)17-8-4-3-7-16(17)21/h2-9,14H,10-13H2,1H3/t14-/m1/s1. The topological polar surface area (TPSA) is 45.6 Å². The zero-order chi connectivity index (χ0) is 19.0. The van der Waals surface area contributed by atoms with Gasteiger partial charge in [0.05, 0.1) is 15.8 Å². The molecule has 0 aliphatic carbocycles. The minimum Gasteiger partial charge on any atom is -0.366 e. The molecule has 1 saturated heterocycles. The second-order valence-corrected chi connectivity index (χ2v) is 7.67. The van der Waals surface area contributed by atoms with Crippen LogP contribution in [0.25, 0.3) is 10.1 Å². The Bertz CT molecular complexity index is 1040. The summed E-state index contributed by atoms with van der Waals surface area (Å²) in [4.78, 5) is 29.2. The molecular formula is C20H20FN3O2S. The van der Waals surface area contributed by atoms with Crippen molar-refractivity contribution in [2.45, 2.75) is 13.0 Å². The van der Waals surface area contributed by atoms with Gasteiger partial charge in [-0.25, -0.2) is 4.39 Å². The molecule has 7 heteroatoms. The van der Waals surface area contributed by atoms with E-state index in [-0.39, 0.29) is 17.3 Å². The summed E-state index contributed by atoms with van der Waals surface area (Å²) >= 11 is 1.32. The fourth-order valence-electron chi connectivity index (χ4n) is 3.48. The average Bonchev–Trinajstić information content (AvgIpc) is 3.04. The molecule has 0 unspecified atom stereocenters. The van der Waals surface area contributed by atoms with E-state index in [0.29, 0.717) is 37.3 Å². The Labute approximate surface area is 160 Å². The largest absolute Gasteiger partial charge is 0.366 e. The van der Waals surface area contributed by atoms with Gasteiger partial charge in [0.25, 0.3) is 5.56 Å². The zero-order valence-corrected chi connectivity index (χ0v) is 15.8. The molecule has 0 bridgehead atoms. The second kappa shape index (κ2) is 7.15. The van der Waals surface area contributed by atoms with Gasteiger partial charge in [-0.1, -0.05) is 35.8 Å². The number of hydrogen-bond donors (Lipinski definition) is 0. The van der Waals surface area contributed by atoms with Crippen LogP contribution in [0.5, 0.6) is 0 Å². The first-order valence-corrected chi connectivity index (χ1v) is 9.72. The summed E-state index contributed by atoms with van der Waals surface area (Å²) in [6.45, 7) is 3.93. The lowest BCUT2D eigenvalue weighted by Crippen LogP contribution is -2.50. The number of hydrogen-bond acceptors (Lipinski definition) is 4. The van der Waals surface area contributed by atoms with Crippen LogP contribution in [0.15, 0.2) is 53.3 Å². The monoisotopic (exact) mass is 385 g/mol. The van der Waals surface area contributed by atoms with Crippen LogP contribution in [-0.2, 0) is 4.79 Å². The number of aromatic nitrogens is 1. The molecule has 0 spiro atoms. The summed E-state index contributed by atoms with van der Waals surface area (Å²) in [5.41, 5.74) is 0.444.